The van der Waals surface area contributed by atoms with Crippen molar-refractivity contribution in [2.24, 2.45) is 7.05 Å². The lowest BCUT2D eigenvalue weighted by Gasteiger charge is -2.28. The quantitative estimate of drug-likeness (QED) is 0.730. The van der Waals surface area contributed by atoms with Gasteiger partial charge in [-0.3, -0.25) is 4.68 Å². The van der Waals surface area contributed by atoms with Crippen LogP contribution in [0.1, 0.15) is 38.3 Å². The van der Waals surface area contributed by atoms with E-state index >= 15 is 0 Å². The molecule has 4 nitrogen and oxygen atoms in total. The van der Waals surface area contributed by atoms with E-state index < -0.39 is 0 Å². The molecule has 14 heavy (non-hydrogen) atoms. The topological polar surface area (TPSA) is 42.7 Å². The van der Waals surface area contributed by atoms with Gasteiger partial charge < -0.3 is 5.32 Å². The Balaban J connectivity index is 2.25. The smallest absolute Gasteiger partial charge is 0.0781 e. The first kappa shape index (κ1) is 9.65. The largest absolute Gasteiger partial charge is 0.306 e. The molecule has 0 saturated carbocycles. The third kappa shape index (κ3) is 1.66. The van der Waals surface area contributed by atoms with E-state index in [1.807, 2.05) is 17.9 Å². The lowest BCUT2D eigenvalue weighted by Crippen LogP contribution is -2.40. The van der Waals surface area contributed by atoms with Crippen LogP contribution in [-0.4, -0.2) is 21.5 Å². The van der Waals surface area contributed by atoms with Crippen LogP contribution in [0.3, 0.4) is 0 Å². The summed E-state index contributed by atoms with van der Waals surface area (Å²) in [6.07, 6.45) is 6.94. The lowest BCUT2D eigenvalue weighted by molar-refractivity contribution is 0.335. The monoisotopic (exact) mass is 194 g/mol. The summed E-state index contributed by atoms with van der Waals surface area (Å²) in [4.78, 5) is 0. The molecule has 1 saturated heterocycles. The molecule has 0 aromatic carbocycles. The highest BCUT2D eigenvalue weighted by Gasteiger charge is 2.30. The number of aryl methyl sites for hydroxylation is 1. The molecule has 0 amide bonds. The van der Waals surface area contributed by atoms with E-state index in [4.69, 9.17) is 0 Å². The SMILES string of the molecule is Cn1nncc1C1(C)CCCCCN1. The van der Waals surface area contributed by atoms with Crippen molar-refractivity contribution in [3.63, 3.8) is 0 Å². The molecule has 1 atom stereocenters. The Bertz CT molecular complexity index is 297. The van der Waals surface area contributed by atoms with Crippen LogP contribution in [-0.2, 0) is 12.6 Å². The molecular weight excluding hydrogens is 176 g/mol. The molecule has 78 valence electrons. The Hall–Kier alpha value is -0.900. The maximum Gasteiger partial charge on any atom is 0.0781 e. The minimum absolute atomic E-state index is 0.0642. The summed E-state index contributed by atoms with van der Waals surface area (Å²) in [5.41, 5.74) is 1.26. The van der Waals surface area contributed by atoms with Gasteiger partial charge in [-0.25, -0.2) is 0 Å². The van der Waals surface area contributed by atoms with Crippen molar-refractivity contribution >= 4 is 0 Å². The minimum Gasteiger partial charge on any atom is -0.306 e. The number of aromatic nitrogens is 3. The van der Waals surface area contributed by atoms with Crippen LogP contribution >= 0.6 is 0 Å². The Morgan fingerprint density at radius 2 is 2.29 bits per heavy atom. The molecule has 1 aromatic rings. The van der Waals surface area contributed by atoms with Crippen LogP contribution in [0.5, 0.6) is 0 Å². The molecule has 2 rings (SSSR count). The Morgan fingerprint density at radius 3 is 3.00 bits per heavy atom. The second kappa shape index (κ2) is 3.69. The van der Waals surface area contributed by atoms with E-state index in [0.717, 1.165) is 6.54 Å². The summed E-state index contributed by atoms with van der Waals surface area (Å²) in [6, 6.07) is 0. The first-order valence-corrected chi connectivity index (χ1v) is 5.32. The predicted molar refractivity (Wildman–Crippen MR) is 54.8 cm³/mol. The highest BCUT2D eigenvalue weighted by atomic mass is 15.4. The van der Waals surface area contributed by atoms with Crippen molar-refractivity contribution in [1.29, 1.82) is 0 Å². The Morgan fingerprint density at radius 1 is 1.43 bits per heavy atom. The van der Waals surface area contributed by atoms with Gasteiger partial charge in [0.15, 0.2) is 0 Å². The molecule has 0 aliphatic carbocycles. The number of hydrogen-bond donors (Lipinski definition) is 1. The van der Waals surface area contributed by atoms with Crippen molar-refractivity contribution in [3.05, 3.63) is 11.9 Å². The van der Waals surface area contributed by atoms with Crippen molar-refractivity contribution in [2.45, 2.75) is 38.1 Å². The van der Waals surface area contributed by atoms with Crippen molar-refractivity contribution in [3.8, 4) is 0 Å². The van der Waals surface area contributed by atoms with Crippen LogP contribution in [0, 0.1) is 0 Å². The molecule has 0 bridgehead atoms. The van der Waals surface area contributed by atoms with Gasteiger partial charge in [-0.1, -0.05) is 18.1 Å². The summed E-state index contributed by atoms with van der Waals surface area (Å²) in [5, 5.41) is 11.5. The Kier molecular flexibility index (Phi) is 2.54. The normalized spacial score (nSPS) is 28.7. The molecular formula is C10H18N4. The molecule has 1 unspecified atom stereocenters. The maximum atomic E-state index is 3.99. The fourth-order valence-corrected chi connectivity index (χ4v) is 2.24. The van der Waals surface area contributed by atoms with Crippen LogP contribution in [0.2, 0.25) is 0 Å². The Labute approximate surface area is 84.7 Å². The summed E-state index contributed by atoms with van der Waals surface area (Å²) in [7, 11) is 1.96. The molecule has 1 aliphatic heterocycles. The van der Waals surface area contributed by atoms with E-state index in [1.54, 1.807) is 0 Å². The molecule has 1 aliphatic rings. The van der Waals surface area contributed by atoms with Gasteiger partial charge in [0.05, 0.1) is 17.4 Å². The molecule has 4 heteroatoms. The van der Waals surface area contributed by atoms with Gasteiger partial charge in [0.25, 0.3) is 0 Å². The van der Waals surface area contributed by atoms with Crippen LogP contribution < -0.4 is 5.32 Å². The van der Waals surface area contributed by atoms with E-state index in [-0.39, 0.29) is 5.54 Å². The molecule has 2 heterocycles. The highest BCUT2D eigenvalue weighted by Crippen LogP contribution is 2.27. The van der Waals surface area contributed by atoms with E-state index in [0.29, 0.717) is 0 Å². The summed E-state index contributed by atoms with van der Waals surface area (Å²) in [5.74, 6) is 0. The second-order valence-electron chi connectivity index (χ2n) is 4.31. The van der Waals surface area contributed by atoms with E-state index in [2.05, 4.69) is 22.6 Å². The average Bonchev–Trinajstić information content (AvgIpc) is 2.46. The van der Waals surface area contributed by atoms with Gasteiger partial charge in [0.2, 0.25) is 0 Å². The molecule has 0 spiro atoms. The maximum absolute atomic E-state index is 3.99. The zero-order valence-electron chi connectivity index (χ0n) is 8.95. The number of hydrogen-bond acceptors (Lipinski definition) is 3. The fourth-order valence-electron chi connectivity index (χ4n) is 2.24. The zero-order chi connectivity index (χ0) is 10.0. The summed E-state index contributed by atoms with van der Waals surface area (Å²) < 4.78 is 1.87. The highest BCUT2D eigenvalue weighted by molar-refractivity contribution is 5.10. The van der Waals surface area contributed by atoms with Gasteiger partial charge in [-0.2, -0.15) is 0 Å². The molecule has 1 N–H and O–H groups in total. The minimum atomic E-state index is 0.0642. The number of nitrogens with one attached hydrogen (secondary N) is 1. The first-order valence-electron chi connectivity index (χ1n) is 5.32. The summed E-state index contributed by atoms with van der Waals surface area (Å²) >= 11 is 0. The fraction of sp³-hybridized carbons (Fsp3) is 0.800. The van der Waals surface area contributed by atoms with Crippen LogP contribution in [0.25, 0.3) is 0 Å². The van der Waals surface area contributed by atoms with Gasteiger partial charge in [0, 0.05) is 7.05 Å². The third-order valence-corrected chi connectivity index (χ3v) is 3.15. The van der Waals surface area contributed by atoms with E-state index in [9.17, 15) is 0 Å². The molecule has 1 fully saturated rings. The van der Waals surface area contributed by atoms with Gasteiger partial charge >= 0.3 is 0 Å². The third-order valence-electron chi connectivity index (χ3n) is 3.15. The van der Waals surface area contributed by atoms with Gasteiger partial charge in [-0.05, 0) is 26.3 Å². The van der Waals surface area contributed by atoms with Crippen molar-refractivity contribution in [1.82, 2.24) is 20.3 Å². The lowest BCUT2D eigenvalue weighted by atomic mass is 9.92. The molecule has 1 aromatic heterocycles. The van der Waals surface area contributed by atoms with E-state index in [1.165, 1.54) is 31.4 Å². The average molecular weight is 194 g/mol. The van der Waals surface area contributed by atoms with Crippen LogP contribution in [0.4, 0.5) is 0 Å². The first-order chi connectivity index (χ1) is 6.72. The molecule has 0 radical (unpaired) electrons. The summed E-state index contributed by atoms with van der Waals surface area (Å²) in [6.45, 7) is 3.35. The van der Waals surface area contributed by atoms with Gasteiger partial charge in [0.1, 0.15) is 0 Å². The second-order valence-corrected chi connectivity index (χ2v) is 4.31. The predicted octanol–water partition coefficient (Wildman–Crippen LogP) is 1.19. The number of rotatable bonds is 1. The van der Waals surface area contributed by atoms with Gasteiger partial charge in [-0.15, -0.1) is 5.10 Å². The van der Waals surface area contributed by atoms with Crippen LogP contribution in [0.15, 0.2) is 6.20 Å². The zero-order valence-corrected chi connectivity index (χ0v) is 8.95. The number of nitrogens with zero attached hydrogens (tertiary/aromatic N) is 3. The standard InChI is InChI=1S/C10H18N4/c1-10(6-4-3-5-7-11-10)9-8-12-13-14(9)2/h8,11H,3-7H2,1-2H3. The van der Waals surface area contributed by atoms with Crippen molar-refractivity contribution in [2.75, 3.05) is 6.54 Å². The van der Waals surface area contributed by atoms with Crippen molar-refractivity contribution < 1.29 is 0 Å².